The molecule has 0 aliphatic heterocycles. The first-order valence-electron chi connectivity index (χ1n) is 6.56. The van der Waals surface area contributed by atoms with E-state index < -0.39 is 5.92 Å². The summed E-state index contributed by atoms with van der Waals surface area (Å²) < 4.78 is 26.7. The van der Waals surface area contributed by atoms with Gasteiger partial charge in [-0.1, -0.05) is 6.07 Å². The fourth-order valence-electron chi connectivity index (χ4n) is 2.97. The van der Waals surface area contributed by atoms with Crippen molar-refractivity contribution in [3.05, 3.63) is 30.1 Å². The molecule has 1 aliphatic rings. The van der Waals surface area contributed by atoms with Gasteiger partial charge in [-0.3, -0.25) is 0 Å². The first-order valence-corrected chi connectivity index (χ1v) is 6.56. The molecule has 1 aromatic heterocycles. The molecule has 3 N–H and O–H groups in total. The Bertz CT molecular complexity index is 581. The van der Waals surface area contributed by atoms with Crippen molar-refractivity contribution in [1.29, 1.82) is 0 Å². The minimum absolute atomic E-state index is 0.0782. The van der Waals surface area contributed by atoms with Crippen LogP contribution in [0.4, 0.5) is 8.78 Å². The Morgan fingerprint density at radius 2 is 1.95 bits per heavy atom. The molecule has 19 heavy (non-hydrogen) atoms. The number of hydrogen-bond donors (Lipinski definition) is 2. The van der Waals surface area contributed by atoms with Crippen molar-refractivity contribution < 1.29 is 8.78 Å². The fourth-order valence-corrected chi connectivity index (χ4v) is 2.97. The molecule has 5 heteroatoms. The molecule has 1 saturated carbocycles. The molecule has 2 aromatic rings. The number of nitrogens with one attached hydrogen (secondary N) is 1. The van der Waals surface area contributed by atoms with Crippen molar-refractivity contribution in [3.8, 4) is 0 Å². The van der Waals surface area contributed by atoms with Crippen LogP contribution in [0.1, 0.15) is 31.2 Å². The van der Waals surface area contributed by atoms with Gasteiger partial charge in [-0.05, 0) is 30.5 Å². The maximum atomic E-state index is 13.3. The number of aromatic nitrogens is 2. The SMILES string of the molecule is NCC1(c2ccc3nc[nH]c3c2)CCC(F)(F)CC1. The van der Waals surface area contributed by atoms with Crippen LogP contribution in [0.5, 0.6) is 0 Å². The van der Waals surface area contributed by atoms with E-state index in [0.29, 0.717) is 19.4 Å². The van der Waals surface area contributed by atoms with Crippen molar-refractivity contribution in [2.24, 2.45) is 5.73 Å². The Kier molecular flexibility index (Phi) is 2.82. The second-order valence-electron chi connectivity index (χ2n) is 5.47. The number of benzene rings is 1. The van der Waals surface area contributed by atoms with Crippen molar-refractivity contribution in [2.75, 3.05) is 6.54 Å². The molecule has 1 fully saturated rings. The van der Waals surface area contributed by atoms with E-state index in [1.807, 2.05) is 18.2 Å². The maximum absolute atomic E-state index is 13.3. The first-order chi connectivity index (χ1) is 9.05. The van der Waals surface area contributed by atoms with E-state index in [-0.39, 0.29) is 18.3 Å². The van der Waals surface area contributed by atoms with E-state index in [9.17, 15) is 8.78 Å². The Hall–Kier alpha value is -1.49. The van der Waals surface area contributed by atoms with Crippen molar-refractivity contribution in [3.63, 3.8) is 0 Å². The largest absolute Gasteiger partial charge is 0.345 e. The van der Waals surface area contributed by atoms with Gasteiger partial charge in [0.2, 0.25) is 5.92 Å². The van der Waals surface area contributed by atoms with Gasteiger partial charge >= 0.3 is 0 Å². The van der Waals surface area contributed by atoms with Crippen molar-refractivity contribution in [2.45, 2.75) is 37.0 Å². The lowest BCUT2D eigenvalue weighted by Crippen LogP contribution is -2.42. The molecule has 102 valence electrons. The number of aromatic amines is 1. The molecule has 0 unspecified atom stereocenters. The Labute approximate surface area is 110 Å². The van der Waals surface area contributed by atoms with Crippen LogP contribution in [0.2, 0.25) is 0 Å². The number of nitrogens with zero attached hydrogens (tertiary/aromatic N) is 1. The van der Waals surface area contributed by atoms with Gasteiger partial charge in [-0.15, -0.1) is 0 Å². The normalized spacial score (nSPS) is 21.6. The van der Waals surface area contributed by atoms with E-state index in [2.05, 4.69) is 9.97 Å². The minimum atomic E-state index is -2.53. The van der Waals surface area contributed by atoms with Gasteiger partial charge in [0.05, 0.1) is 17.4 Å². The highest BCUT2D eigenvalue weighted by Crippen LogP contribution is 2.45. The molecule has 0 spiro atoms. The Morgan fingerprint density at radius 1 is 1.21 bits per heavy atom. The number of halogens is 2. The molecule has 3 nitrogen and oxygen atoms in total. The first kappa shape index (κ1) is 12.5. The Morgan fingerprint density at radius 3 is 2.63 bits per heavy atom. The number of H-pyrrole nitrogens is 1. The number of fused-ring (bicyclic) bond motifs is 1. The van der Waals surface area contributed by atoms with Crippen molar-refractivity contribution in [1.82, 2.24) is 9.97 Å². The lowest BCUT2D eigenvalue weighted by atomic mass is 9.68. The second kappa shape index (κ2) is 4.27. The van der Waals surface area contributed by atoms with Gasteiger partial charge in [0.1, 0.15) is 0 Å². The summed E-state index contributed by atoms with van der Waals surface area (Å²) in [4.78, 5) is 7.23. The van der Waals surface area contributed by atoms with E-state index in [4.69, 9.17) is 5.73 Å². The average Bonchev–Trinajstić information content (AvgIpc) is 2.87. The van der Waals surface area contributed by atoms with Crippen LogP contribution in [0.3, 0.4) is 0 Å². The lowest BCUT2D eigenvalue weighted by molar-refractivity contribution is -0.0509. The smallest absolute Gasteiger partial charge is 0.248 e. The molecule has 1 aliphatic carbocycles. The van der Waals surface area contributed by atoms with E-state index >= 15 is 0 Å². The number of hydrogen-bond acceptors (Lipinski definition) is 2. The summed E-state index contributed by atoms with van der Waals surface area (Å²) in [7, 11) is 0. The number of nitrogens with two attached hydrogens (primary N) is 1. The average molecular weight is 265 g/mol. The van der Waals surface area contributed by atoms with Gasteiger partial charge in [-0.25, -0.2) is 13.8 Å². The van der Waals surface area contributed by atoms with Gasteiger partial charge in [0, 0.05) is 24.8 Å². The van der Waals surface area contributed by atoms with Gasteiger partial charge < -0.3 is 10.7 Å². The fraction of sp³-hybridized carbons (Fsp3) is 0.500. The van der Waals surface area contributed by atoms with Crippen LogP contribution >= 0.6 is 0 Å². The molecule has 1 aromatic carbocycles. The van der Waals surface area contributed by atoms with Crippen LogP contribution in [-0.2, 0) is 5.41 Å². The highest BCUT2D eigenvalue weighted by molar-refractivity contribution is 5.75. The molecule has 0 radical (unpaired) electrons. The van der Waals surface area contributed by atoms with E-state index in [1.54, 1.807) is 6.33 Å². The van der Waals surface area contributed by atoms with Crippen molar-refractivity contribution >= 4 is 11.0 Å². The molecular weight excluding hydrogens is 248 g/mol. The molecule has 0 saturated heterocycles. The second-order valence-corrected chi connectivity index (χ2v) is 5.47. The zero-order valence-electron chi connectivity index (χ0n) is 10.6. The molecule has 0 bridgehead atoms. The van der Waals surface area contributed by atoms with Crippen LogP contribution in [0, 0.1) is 0 Å². The van der Waals surface area contributed by atoms with E-state index in [0.717, 1.165) is 16.6 Å². The molecular formula is C14H17F2N3. The topological polar surface area (TPSA) is 54.7 Å². The van der Waals surface area contributed by atoms with Crippen LogP contribution in [0.15, 0.2) is 24.5 Å². The summed E-state index contributed by atoms with van der Waals surface area (Å²) >= 11 is 0. The third kappa shape index (κ3) is 2.12. The summed E-state index contributed by atoms with van der Waals surface area (Å²) in [6, 6.07) is 5.89. The molecule has 0 amide bonds. The number of imidazole rings is 1. The highest BCUT2D eigenvalue weighted by atomic mass is 19.3. The summed E-state index contributed by atoms with van der Waals surface area (Å²) in [6.07, 6.45) is 2.36. The predicted octanol–water partition coefficient (Wildman–Crippen LogP) is 2.97. The third-order valence-corrected chi connectivity index (χ3v) is 4.36. The van der Waals surface area contributed by atoms with E-state index in [1.165, 1.54) is 0 Å². The molecule has 3 rings (SSSR count). The summed E-state index contributed by atoms with van der Waals surface area (Å²) in [5.74, 6) is -2.53. The standard InChI is InChI=1S/C14H17F2N3/c15-14(16)5-3-13(8-17,4-6-14)10-1-2-11-12(7-10)19-9-18-11/h1-2,7,9H,3-6,8,17H2,(H,18,19). The van der Waals surface area contributed by atoms with Gasteiger partial charge in [0.25, 0.3) is 0 Å². The lowest BCUT2D eigenvalue weighted by Gasteiger charge is -2.39. The van der Waals surface area contributed by atoms with Crippen LogP contribution in [-0.4, -0.2) is 22.4 Å². The highest BCUT2D eigenvalue weighted by Gasteiger charge is 2.43. The van der Waals surface area contributed by atoms with Crippen LogP contribution in [0.25, 0.3) is 11.0 Å². The predicted molar refractivity (Wildman–Crippen MR) is 70.2 cm³/mol. The van der Waals surface area contributed by atoms with Gasteiger partial charge in [0.15, 0.2) is 0 Å². The summed E-state index contributed by atoms with van der Waals surface area (Å²) in [5.41, 5.74) is 8.45. The number of rotatable bonds is 2. The minimum Gasteiger partial charge on any atom is -0.345 e. The quantitative estimate of drug-likeness (QED) is 0.877. The summed E-state index contributed by atoms with van der Waals surface area (Å²) in [5, 5.41) is 0. The third-order valence-electron chi connectivity index (χ3n) is 4.36. The number of alkyl halides is 2. The maximum Gasteiger partial charge on any atom is 0.248 e. The summed E-state index contributed by atoms with van der Waals surface area (Å²) in [6.45, 7) is 0.405. The van der Waals surface area contributed by atoms with Crippen LogP contribution < -0.4 is 5.73 Å². The monoisotopic (exact) mass is 265 g/mol. The molecule has 0 atom stereocenters. The van der Waals surface area contributed by atoms with Gasteiger partial charge in [-0.2, -0.15) is 0 Å². The zero-order chi connectivity index (χ0) is 13.5. The molecule has 1 heterocycles. The Balaban J connectivity index is 1.97. The zero-order valence-corrected chi connectivity index (χ0v) is 10.6.